The van der Waals surface area contributed by atoms with Gasteiger partial charge in [0.2, 0.25) is 0 Å². The molecule has 1 aromatic heterocycles. The summed E-state index contributed by atoms with van der Waals surface area (Å²) in [7, 11) is 1.95. The first-order valence-electron chi connectivity index (χ1n) is 5.93. The number of piperazine rings is 1. The van der Waals surface area contributed by atoms with Crippen molar-refractivity contribution in [3.8, 4) is 0 Å². The number of nitrogens with zero attached hydrogens (tertiary/aromatic N) is 3. The third kappa shape index (κ3) is 2.60. The molecule has 1 aliphatic rings. The second kappa shape index (κ2) is 5.32. The SMILES string of the molecule is CN1CCN(C(=O)c2ccc(N)nc2)CC1CO. The van der Waals surface area contributed by atoms with Crippen LogP contribution in [0.3, 0.4) is 0 Å². The number of nitrogens with two attached hydrogens (primary N) is 1. The molecule has 1 amide bonds. The van der Waals surface area contributed by atoms with Crippen LogP contribution in [0.2, 0.25) is 0 Å². The Labute approximate surface area is 106 Å². The Morgan fingerprint density at radius 1 is 1.56 bits per heavy atom. The standard InChI is InChI=1S/C12H18N4O2/c1-15-4-5-16(7-10(15)8-17)12(18)9-2-3-11(13)14-6-9/h2-3,6,10,17H,4-5,7-8H2,1H3,(H2,13,14). The predicted octanol–water partition coefficient (Wildman–Crippen LogP) is -0.588. The molecule has 1 saturated heterocycles. The molecule has 0 aromatic carbocycles. The molecule has 0 bridgehead atoms. The number of aliphatic hydroxyl groups excluding tert-OH is 1. The van der Waals surface area contributed by atoms with Gasteiger partial charge in [0, 0.05) is 25.8 Å². The maximum atomic E-state index is 12.2. The van der Waals surface area contributed by atoms with E-state index in [4.69, 9.17) is 5.73 Å². The lowest BCUT2D eigenvalue weighted by atomic mass is 10.1. The maximum Gasteiger partial charge on any atom is 0.255 e. The monoisotopic (exact) mass is 250 g/mol. The van der Waals surface area contributed by atoms with Crippen LogP contribution in [-0.2, 0) is 0 Å². The molecule has 2 rings (SSSR count). The minimum absolute atomic E-state index is 0.00411. The van der Waals surface area contributed by atoms with Gasteiger partial charge in [-0.2, -0.15) is 0 Å². The first-order chi connectivity index (χ1) is 8.61. The number of aromatic nitrogens is 1. The van der Waals surface area contributed by atoms with Crippen molar-refractivity contribution < 1.29 is 9.90 Å². The van der Waals surface area contributed by atoms with E-state index in [9.17, 15) is 9.90 Å². The quantitative estimate of drug-likeness (QED) is 0.733. The fourth-order valence-electron chi connectivity index (χ4n) is 2.04. The molecular formula is C12H18N4O2. The lowest BCUT2D eigenvalue weighted by Gasteiger charge is -2.38. The van der Waals surface area contributed by atoms with Gasteiger partial charge in [-0.25, -0.2) is 4.98 Å². The molecule has 0 saturated carbocycles. The minimum atomic E-state index is -0.0611. The molecule has 98 valence electrons. The van der Waals surface area contributed by atoms with Gasteiger partial charge < -0.3 is 15.7 Å². The molecule has 6 nitrogen and oxygen atoms in total. The van der Waals surface area contributed by atoms with Crippen LogP contribution in [0.25, 0.3) is 0 Å². The number of rotatable bonds is 2. The number of carbonyl (C=O) groups excluding carboxylic acids is 1. The predicted molar refractivity (Wildman–Crippen MR) is 68.1 cm³/mol. The van der Waals surface area contributed by atoms with Crippen molar-refractivity contribution in [2.45, 2.75) is 6.04 Å². The Kier molecular flexibility index (Phi) is 3.78. The van der Waals surface area contributed by atoms with Gasteiger partial charge in [0.15, 0.2) is 0 Å². The fourth-order valence-corrected chi connectivity index (χ4v) is 2.04. The summed E-state index contributed by atoms with van der Waals surface area (Å²) in [5, 5.41) is 9.26. The highest BCUT2D eigenvalue weighted by molar-refractivity contribution is 5.94. The molecule has 0 aliphatic carbocycles. The van der Waals surface area contributed by atoms with Crippen molar-refractivity contribution in [3.05, 3.63) is 23.9 Å². The van der Waals surface area contributed by atoms with Gasteiger partial charge in [0.25, 0.3) is 5.91 Å². The Morgan fingerprint density at radius 2 is 2.33 bits per heavy atom. The summed E-state index contributed by atoms with van der Waals surface area (Å²) in [4.78, 5) is 19.9. The number of carbonyl (C=O) groups is 1. The van der Waals surface area contributed by atoms with Gasteiger partial charge >= 0.3 is 0 Å². The molecule has 1 fully saturated rings. The van der Waals surface area contributed by atoms with Crippen molar-refractivity contribution in [1.29, 1.82) is 0 Å². The zero-order valence-corrected chi connectivity index (χ0v) is 10.4. The first-order valence-corrected chi connectivity index (χ1v) is 5.93. The van der Waals surface area contributed by atoms with Crippen LogP contribution in [0.1, 0.15) is 10.4 Å². The maximum absolute atomic E-state index is 12.2. The number of hydrogen-bond donors (Lipinski definition) is 2. The normalized spacial score (nSPS) is 21.0. The zero-order valence-electron chi connectivity index (χ0n) is 10.4. The van der Waals surface area contributed by atoms with Crippen molar-refractivity contribution in [2.75, 3.05) is 39.0 Å². The third-order valence-electron chi connectivity index (χ3n) is 3.31. The van der Waals surface area contributed by atoms with Crippen molar-refractivity contribution in [2.24, 2.45) is 0 Å². The summed E-state index contributed by atoms with van der Waals surface area (Å²) in [5.74, 6) is 0.340. The molecular weight excluding hydrogens is 232 g/mol. The molecule has 1 atom stereocenters. The average molecular weight is 250 g/mol. The Hall–Kier alpha value is -1.66. The van der Waals surface area contributed by atoms with E-state index in [0.717, 1.165) is 6.54 Å². The number of hydrogen-bond acceptors (Lipinski definition) is 5. The Balaban J connectivity index is 2.07. The van der Waals surface area contributed by atoms with E-state index in [2.05, 4.69) is 9.88 Å². The van der Waals surface area contributed by atoms with Crippen molar-refractivity contribution in [3.63, 3.8) is 0 Å². The summed E-state index contributed by atoms with van der Waals surface area (Å²) in [6, 6.07) is 3.30. The number of aliphatic hydroxyl groups is 1. The lowest BCUT2D eigenvalue weighted by molar-refractivity contribution is 0.0420. The van der Waals surface area contributed by atoms with Gasteiger partial charge in [0.05, 0.1) is 18.2 Å². The van der Waals surface area contributed by atoms with E-state index in [-0.39, 0.29) is 18.6 Å². The Morgan fingerprint density at radius 3 is 2.94 bits per heavy atom. The molecule has 1 aromatic rings. The number of anilines is 1. The molecule has 0 spiro atoms. The molecule has 3 N–H and O–H groups in total. The van der Waals surface area contributed by atoms with Gasteiger partial charge in [-0.1, -0.05) is 0 Å². The summed E-state index contributed by atoms with van der Waals surface area (Å²) >= 11 is 0. The first kappa shape index (κ1) is 12.8. The number of amides is 1. The summed E-state index contributed by atoms with van der Waals surface area (Å²) < 4.78 is 0. The topological polar surface area (TPSA) is 82.7 Å². The average Bonchev–Trinajstić information content (AvgIpc) is 2.39. The van der Waals surface area contributed by atoms with E-state index in [1.54, 1.807) is 17.0 Å². The smallest absolute Gasteiger partial charge is 0.255 e. The van der Waals surface area contributed by atoms with Crippen molar-refractivity contribution >= 4 is 11.7 Å². The molecule has 6 heteroatoms. The van der Waals surface area contributed by atoms with E-state index in [1.165, 1.54) is 6.20 Å². The van der Waals surface area contributed by atoms with Gasteiger partial charge in [-0.15, -0.1) is 0 Å². The second-order valence-electron chi connectivity index (χ2n) is 4.54. The van der Waals surface area contributed by atoms with Crippen LogP contribution in [0.5, 0.6) is 0 Å². The number of pyridine rings is 1. The Bertz CT molecular complexity index is 421. The van der Waals surface area contributed by atoms with Gasteiger partial charge in [0.1, 0.15) is 5.82 Å². The van der Waals surface area contributed by atoms with E-state index in [1.807, 2.05) is 7.05 Å². The van der Waals surface area contributed by atoms with E-state index in [0.29, 0.717) is 24.5 Å². The highest BCUT2D eigenvalue weighted by Crippen LogP contribution is 2.12. The van der Waals surface area contributed by atoms with Crippen LogP contribution < -0.4 is 5.73 Å². The van der Waals surface area contributed by atoms with Crippen LogP contribution >= 0.6 is 0 Å². The van der Waals surface area contributed by atoms with E-state index >= 15 is 0 Å². The summed E-state index contributed by atoms with van der Waals surface area (Å²) in [6.07, 6.45) is 1.49. The largest absolute Gasteiger partial charge is 0.395 e. The molecule has 2 heterocycles. The number of nitrogen functional groups attached to an aromatic ring is 1. The molecule has 1 aliphatic heterocycles. The highest BCUT2D eigenvalue weighted by atomic mass is 16.3. The van der Waals surface area contributed by atoms with Crippen molar-refractivity contribution in [1.82, 2.24) is 14.8 Å². The van der Waals surface area contributed by atoms with Crippen LogP contribution in [0.15, 0.2) is 18.3 Å². The zero-order chi connectivity index (χ0) is 13.1. The van der Waals surface area contributed by atoms with Gasteiger partial charge in [-0.05, 0) is 19.2 Å². The molecule has 1 unspecified atom stereocenters. The minimum Gasteiger partial charge on any atom is -0.395 e. The number of likely N-dealkylation sites (N-methyl/N-ethyl adjacent to an activating group) is 1. The van der Waals surface area contributed by atoms with Crippen LogP contribution in [0.4, 0.5) is 5.82 Å². The lowest BCUT2D eigenvalue weighted by Crippen LogP contribution is -2.54. The second-order valence-corrected chi connectivity index (χ2v) is 4.54. The third-order valence-corrected chi connectivity index (χ3v) is 3.31. The van der Waals surface area contributed by atoms with E-state index < -0.39 is 0 Å². The van der Waals surface area contributed by atoms with Crippen LogP contribution in [-0.4, -0.2) is 65.1 Å². The molecule has 18 heavy (non-hydrogen) atoms. The summed E-state index contributed by atoms with van der Waals surface area (Å²) in [6.45, 7) is 2.02. The summed E-state index contributed by atoms with van der Waals surface area (Å²) in [5.41, 5.74) is 6.02. The van der Waals surface area contributed by atoms with Crippen LogP contribution in [0, 0.1) is 0 Å². The molecule has 0 radical (unpaired) electrons. The fraction of sp³-hybridized carbons (Fsp3) is 0.500. The van der Waals surface area contributed by atoms with Gasteiger partial charge in [-0.3, -0.25) is 9.69 Å². The highest BCUT2D eigenvalue weighted by Gasteiger charge is 2.27.